The van der Waals surface area contributed by atoms with Crippen LogP contribution in [0.5, 0.6) is 0 Å². The van der Waals surface area contributed by atoms with Gasteiger partial charge in [-0.1, -0.05) is 5.16 Å². The van der Waals surface area contributed by atoms with Gasteiger partial charge in [-0.15, -0.1) is 0 Å². The fraction of sp³-hybridized carbons (Fsp3) is 0.273. The van der Waals surface area contributed by atoms with Crippen molar-refractivity contribution in [3.63, 3.8) is 0 Å². The fourth-order valence-electron chi connectivity index (χ4n) is 1.38. The maximum atomic E-state index is 13.0. The Bertz CT molecular complexity index is 537. The van der Waals surface area contributed by atoms with Crippen LogP contribution in [-0.4, -0.2) is 21.4 Å². The number of aliphatic hydroxyl groups excluding tert-OH is 1. The minimum atomic E-state index is -0.873. The van der Waals surface area contributed by atoms with E-state index in [0.29, 0.717) is 0 Å². The topological polar surface area (TPSA) is 85.2 Å². The van der Waals surface area contributed by atoms with Gasteiger partial charge in [-0.3, -0.25) is 0 Å². The number of halogens is 2. The molecule has 2 rings (SSSR count). The molecule has 7 heteroatoms. The Hall–Kier alpha value is -1.86. The van der Waals surface area contributed by atoms with Gasteiger partial charge >= 0.3 is 0 Å². The predicted molar refractivity (Wildman–Crippen MR) is 58.3 cm³/mol. The van der Waals surface area contributed by atoms with Crippen molar-refractivity contribution < 1.29 is 18.4 Å². The van der Waals surface area contributed by atoms with E-state index in [-0.39, 0.29) is 17.3 Å². The molecule has 0 saturated heterocycles. The number of hydrogen-bond donors (Lipinski definition) is 2. The Morgan fingerprint density at radius 3 is 2.44 bits per heavy atom. The molecule has 0 radical (unpaired) electrons. The normalized spacial score (nSPS) is 14.5. The first kappa shape index (κ1) is 12.6. The van der Waals surface area contributed by atoms with Gasteiger partial charge in [0.15, 0.2) is 0 Å². The minimum absolute atomic E-state index is 0.00432. The summed E-state index contributed by atoms with van der Waals surface area (Å²) in [7, 11) is 0. The highest BCUT2D eigenvalue weighted by atomic mass is 19.1. The molecule has 2 atom stereocenters. The van der Waals surface area contributed by atoms with Crippen molar-refractivity contribution in [3.05, 3.63) is 35.7 Å². The molecule has 18 heavy (non-hydrogen) atoms. The largest absolute Gasteiger partial charge is 0.391 e. The molecule has 0 aliphatic heterocycles. The molecule has 2 aromatic rings. The van der Waals surface area contributed by atoms with E-state index in [9.17, 15) is 13.9 Å². The van der Waals surface area contributed by atoms with Crippen LogP contribution in [0.2, 0.25) is 0 Å². The van der Waals surface area contributed by atoms with Crippen molar-refractivity contribution in [1.29, 1.82) is 0 Å². The van der Waals surface area contributed by atoms with Crippen molar-refractivity contribution >= 4 is 0 Å². The monoisotopic (exact) mass is 255 g/mol. The van der Waals surface area contributed by atoms with Gasteiger partial charge in [0, 0.05) is 11.6 Å². The van der Waals surface area contributed by atoms with Crippen molar-refractivity contribution in [2.45, 2.75) is 19.1 Å². The molecule has 0 amide bonds. The molecule has 3 N–H and O–H groups in total. The van der Waals surface area contributed by atoms with Crippen LogP contribution in [-0.2, 0) is 0 Å². The van der Waals surface area contributed by atoms with Crippen LogP contribution in [0.3, 0.4) is 0 Å². The Morgan fingerprint density at radius 1 is 1.28 bits per heavy atom. The van der Waals surface area contributed by atoms with Crippen LogP contribution in [0.25, 0.3) is 11.4 Å². The van der Waals surface area contributed by atoms with Gasteiger partial charge in [-0.05, 0) is 19.1 Å². The zero-order valence-corrected chi connectivity index (χ0v) is 9.47. The van der Waals surface area contributed by atoms with Crippen LogP contribution in [0.15, 0.2) is 22.7 Å². The number of benzene rings is 1. The van der Waals surface area contributed by atoms with Gasteiger partial charge in [0.2, 0.25) is 11.7 Å². The average Bonchev–Trinajstić information content (AvgIpc) is 2.75. The summed E-state index contributed by atoms with van der Waals surface area (Å²) < 4.78 is 30.9. The second-order valence-corrected chi connectivity index (χ2v) is 3.88. The number of aromatic nitrogens is 2. The third-order valence-corrected chi connectivity index (χ3v) is 2.37. The summed E-state index contributed by atoms with van der Waals surface area (Å²) in [5.74, 6) is -1.46. The molecule has 0 saturated carbocycles. The van der Waals surface area contributed by atoms with Gasteiger partial charge < -0.3 is 15.4 Å². The van der Waals surface area contributed by atoms with E-state index in [1.807, 2.05) is 0 Å². The molecule has 1 heterocycles. The lowest BCUT2D eigenvalue weighted by Gasteiger charge is -2.08. The zero-order valence-electron chi connectivity index (χ0n) is 9.47. The number of nitrogens with zero attached hydrogens (tertiary/aromatic N) is 2. The lowest BCUT2D eigenvalue weighted by Crippen LogP contribution is -2.23. The number of aliphatic hydroxyl groups is 1. The quantitative estimate of drug-likeness (QED) is 0.865. The summed E-state index contributed by atoms with van der Waals surface area (Å²) in [4.78, 5) is 3.89. The van der Waals surface area contributed by atoms with Gasteiger partial charge in [0.05, 0.1) is 6.10 Å². The van der Waals surface area contributed by atoms with E-state index in [1.165, 1.54) is 6.92 Å². The Morgan fingerprint density at radius 2 is 1.89 bits per heavy atom. The maximum absolute atomic E-state index is 13.0. The van der Waals surface area contributed by atoms with E-state index < -0.39 is 23.8 Å². The lowest BCUT2D eigenvalue weighted by atomic mass is 10.2. The second kappa shape index (κ2) is 4.79. The Labute approximate surface area is 101 Å². The van der Waals surface area contributed by atoms with Gasteiger partial charge in [-0.2, -0.15) is 4.98 Å². The predicted octanol–water partition coefficient (Wildman–Crippen LogP) is 1.40. The molecule has 1 aromatic heterocycles. The molecule has 2 unspecified atom stereocenters. The third kappa shape index (κ3) is 2.52. The molecule has 0 aliphatic rings. The number of hydrogen-bond acceptors (Lipinski definition) is 5. The Balaban J connectivity index is 2.35. The molecular formula is C11H11F2N3O2. The van der Waals surface area contributed by atoms with E-state index in [1.54, 1.807) is 0 Å². The molecule has 1 aromatic carbocycles. The first-order chi connectivity index (χ1) is 8.47. The first-order valence-corrected chi connectivity index (χ1v) is 5.21. The van der Waals surface area contributed by atoms with E-state index in [0.717, 1.165) is 18.2 Å². The van der Waals surface area contributed by atoms with Crippen LogP contribution < -0.4 is 5.73 Å². The molecular weight excluding hydrogens is 244 g/mol. The highest BCUT2D eigenvalue weighted by Crippen LogP contribution is 2.21. The highest BCUT2D eigenvalue weighted by molar-refractivity contribution is 5.54. The van der Waals surface area contributed by atoms with Gasteiger partial charge in [0.1, 0.15) is 17.7 Å². The molecule has 0 bridgehead atoms. The van der Waals surface area contributed by atoms with Crippen molar-refractivity contribution in [2.75, 3.05) is 0 Å². The van der Waals surface area contributed by atoms with Crippen LogP contribution in [0, 0.1) is 11.6 Å². The molecule has 0 fully saturated rings. The maximum Gasteiger partial charge on any atom is 0.246 e. The molecule has 0 aliphatic carbocycles. The molecule has 0 spiro atoms. The summed E-state index contributed by atoms with van der Waals surface area (Å²) in [6.45, 7) is 1.47. The average molecular weight is 255 g/mol. The van der Waals surface area contributed by atoms with E-state index in [4.69, 9.17) is 10.3 Å². The van der Waals surface area contributed by atoms with Crippen molar-refractivity contribution in [1.82, 2.24) is 10.1 Å². The third-order valence-electron chi connectivity index (χ3n) is 2.37. The minimum Gasteiger partial charge on any atom is -0.391 e. The molecule has 5 nitrogen and oxygen atoms in total. The summed E-state index contributed by atoms with van der Waals surface area (Å²) >= 11 is 0. The van der Waals surface area contributed by atoms with Crippen molar-refractivity contribution in [3.8, 4) is 11.4 Å². The number of rotatable bonds is 3. The second-order valence-electron chi connectivity index (χ2n) is 3.88. The number of nitrogens with two attached hydrogens (primary N) is 1. The highest BCUT2D eigenvalue weighted by Gasteiger charge is 2.20. The smallest absolute Gasteiger partial charge is 0.246 e. The fourth-order valence-corrected chi connectivity index (χ4v) is 1.38. The van der Waals surface area contributed by atoms with Gasteiger partial charge in [-0.25, -0.2) is 8.78 Å². The van der Waals surface area contributed by atoms with Gasteiger partial charge in [0.25, 0.3) is 0 Å². The van der Waals surface area contributed by atoms with E-state index >= 15 is 0 Å². The Kier molecular flexibility index (Phi) is 3.35. The zero-order chi connectivity index (χ0) is 13.3. The van der Waals surface area contributed by atoms with Crippen LogP contribution >= 0.6 is 0 Å². The SMILES string of the molecule is CC(O)C(N)c1nc(-c2cc(F)cc(F)c2)no1. The summed E-state index contributed by atoms with van der Waals surface area (Å²) in [6.07, 6.45) is -0.873. The van der Waals surface area contributed by atoms with E-state index in [2.05, 4.69) is 10.1 Å². The van der Waals surface area contributed by atoms with Crippen molar-refractivity contribution in [2.24, 2.45) is 5.73 Å². The standard InChI is InChI=1S/C11H11F2N3O2/c1-5(17)9(14)11-15-10(16-18-11)6-2-7(12)4-8(13)3-6/h2-5,9,17H,14H2,1H3. The summed E-state index contributed by atoms with van der Waals surface area (Å²) in [5, 5.41) is 12.8. The first-order valence-electron chi connectivity index (χ1n) is 5.21. The molecule has 96 valence electrons. The van der Waals surface area contributed by atoms with Crippen LogP contribution in [0.4, 0.5) is 8.78 Å². The summed E-state index contributed by atoms with van der Waals surface area (Å²) in [5.41, 5.74) is 5.73. The lowest BCUT2D eigenvalue weighted by molar-refractivity contribution is 0.146. The summed E-state index contributed by atoms with van der Waals surface area (Å²) in [6, 6.07) is 2.05. The van der Waals surface area contributed by atoms with Crippen LogP contribution in [0.1, 0.15) is 18.9 Å².